The van der Waals surface area contributed by atoms with Crippen LogP contribution in [0.3, 0.4) is 0 Å². The first-order chi connectivity index (χ1) is 8.19. The fourth-order valence-electron chi connectivity index (χ4n) is 1.92. The highest BCUT2D eigenvalue weighted by Crippen LogP contribution is 2.02. The number of aryl methyl sites for hydroxylation is 1. The lowest BCUT2D eigenvalue weighted by Gasteiger charge is -2.23. The maximum atomic E-state index is 3.51. The fraction of sp³-hybridized carbons (Fsp3) is 0.714. The highest BCUT2D eigenvalue weighted by atomic mass is 15.1. The van der Waals surface area contributed by atoms with Gasteiger partial charge in [-0.2, -0.15) is 0 Å². The van der Waals surface area contributed by atoms with E-state index in [-0.39, 0.29) is 0 Å². The van der Waals surface area contributed by atoms with Gasteiger partial charge in [0.2, 0.25) is 0 Å². The zero-order valence-corrected chi connectivity index (χ0v) is 11.7. The standard InChI is InChI=1S/C14H27N3/c1-5-13(3)16(4)11-9-15-12-14-8-7-10-17(14)6-2/h7-8,10,13,15H,5-6,9,11-12H2,1-4H3. The molecule has 3 nitrogen and oxygen atoms in total. The average Bonchev–Trinajstić information content (AvgIpc) is 2.80. The molecule has 0 saturated heterocycles. The van der Waals surface area contributed by atoms with E-state index in [0.29, 0.717) is 6.04 Å². The van der Waals surface area contributed by atoms with Crippen molar-refractivity contribution in [2.75, 3.05) is 20.1 Å². The molecule has 0 aromatic carbocycles. The molecule has 1 aromatic rings. The van der Waals surface area contributed by atoms with E-state index < -0.39 is 0 Å². The van der Waals surface area contributed by atoms with Crippen molar-refractivity contribution < 1.29 is 0 Å². The van der Waals surface area contributed by atoms with Crippen molar-refractivity contribution in [1.82, 2.24) is 14.8 Å². The van der Waals surface area contributed by atoms with Gasteiger partial charge in [0.15, 0.2) is 0 Å². The maximum Gasteiger partial charge on any atom is 0.0359 e. The Balaban J connectivity index is 2.20. The van der Waals surface area contributed by atoms with Crippen molar-refractivity contribution in [2.45, 2.75) is 46.3 Å². The van der Waals surface area contributed by atoms with Gasteiger partial charge >= 0.3 is 0 Å². The molecule has 98 valence electrons. The predicted molar refractivity (Wildman–Crippen MR) is 74.2 cm³/mol. The number of hydrogen-bond donors (Lipinski definition) is 1. The second-order valence-electron chi connectivity index (χ2n) is 4.70. The summed E-state index contributed by atoms with van der Waals surface area (Å²) in [6.07, 6.45) is 3.36. The van der Waals surface area contributed by atoms with Crippen molar-refractivity contribution in [3.05, 3.63) is 24.0 Å². The van der Waals surface area contributed by atoms with E-state index in [9.17, 15) is 0 Å². The highest BCUT2D eigenvalue weighted by molar-refractivity contribution is 5.06. The van der Waals surface area contributed by atoms with Gasteiger partial charge in [0, 0.05) is 44.1 Å². The van der Waals surface area contributed by atoms with Crippen LogP contribution in [-0.2, 0) is 13.1 Å². The summed E-state index contributed by atoms with van der Waals surface area (Å²) in [5, 5.41) is 3.51. The molecule has 1 N–H and O–H groups in total. The second kappa shape index (κ2) is 7.51. The first-order valence-corrected chi connectivity index (χ1v) is 6.74. The van der Waals surface area contributed by atoms with Gasteiger partial charge in [0.1, 0.15) is 0 Å². The lowest BCUT2D eigenvalue weighted by atomic mass is 10.2. The summed E-state index contributed by atoms with van der Waals surface area (Å²) in [4.78, 5) is 2.41. The third-order valence-corrected chi connectivity index (χ3v) is 3.55. The Hall–Kier alpha value is -0.800. The SMILES string of the molecule is CCC(C)N(C)CCNCc1cccn1CC. The molecule has 17 heavy (non-hydrogen) atoms. The smallest absolute Gasteiger partial charge is 0.0359 e. The van der Waals surface area contributed by atoms with Gasteiger partial charge in [-0.1, -0.05) is 6.92 Å². The number of aromatic nitrogens is 1. The van der Waals surface area contributed by atoms with Crippen LogP contribution in [-0.4, -0.2) is 35.6 Å². The summed E-state index contributed by atoms with van der Waals surface area (Å²) in [5.41, 5.74) is 1.37. The summed E-state index contributed by atoms with van der Waals surface area (Å²) in [7, 11) is 2.20. The summed E-state index contributed by atoms with van der Waals surface area (Å²) >= 11 is 0. The van der Waals surface area contributed by atoms with Gasteiger partial charge in [0.25, 0.3) is 0 Å². The Labute approximate surface area is 106 Å². The third-order valence-electron chi connectivity index (χ3n) is 3.55. The molecule has 0 aliphatic rings. The van der Waals surface area contributed by atoms with E-state index >= 15 is 0 Å². The molecule has 0 aliphatic heterocycles. The zero-order valence-electron chi connectivity index (χ0n) is 11.7. The molecule has 1 heterocycles. The highest BCUT2D eigenvalue weighted by Gasteiger charge is 2.05. The third kappa shape index (κ3) is 4.52. The number of rotatable bonds is 8. The van der Waals surface area contributed by atoms with E-state index in [0.717, 1.165) is 26.2 Å². The Bertz CT molecular complexity index is 306. The van der Waals surface area contributed by atoms with Crippen molar-refractivity contribution in [3.63, 3.8) is 0 Å². The van der Waals surface area contributed by atoms with Crippen molar-refractivity contribution in [1.29, 1.82) is 0 Å². The minimum Gasteiger partial charge on any atom is -0.351 e. The lowest BCUT2D eigenvalue weighted by Crippen LogP contribution is -2.35. The molecule has 0 fully saturated rings. The van der Waals surface area contributed by atoms with Gasteiger partial charge in [-0.25, -0.2) is 0 Å². The molecule has 0 radical (unpaired) electrons. The van der Waals surface area contributed by atoms with Crippen LogP contribution in [0.25, 0.3) is 0 Å². The molecular weight excluding hydrogens is 210 g/mol. The van der Waals surface area contributed by atoms with Crippen molar-refractivity contribution in [3.8, 4) is 0 Å². The van der Waals surface area contributed by atoms with E-state index in [1.54, 1.807) is 0 Å². The monoisotopic (exact) mass is 237 g/mol. The van der Waals surface area contributed by atoms with Gasteiger partial charge in [0.05, 0.1) is 0 Å². The number of nitrogens with one attached hydrogen (secondary N) is 1. The molecule has 0 saturated carbocycles. The van der Waals surface area contributed by atoms with Crippen LogP contribution in [0, 0.1) is 0 Å². The molecule has 3 heteroatoms. The average molecular weight is 237 g/mol. The first kappa shape index (κ1) is 14.3. The first-order valence-electron chi connectivity index (χ1n) is 6.74. The lowest BCUT2D eigenvalue weighted by molar-refractivity contribution is 0.251. The Kier molecular flexibility index (Phi) is 6.30. The molecule has 0 spiro atoms. The van der Waals surface area contributed by atoms with Crippen LogP contribution in [0.4, 0.5) is 0 Å². The quantitative estimate of drug-likeness (QED) is 0.700. The van der Waals surface area contributed by atoms with Crippen LogP contribution in [0.15, 0.2) is 18.3 Å². The van der Waals surface area contributed by atoms with Crippen LogP contribution in [0.1, 0.15) is 32.9 Å². The Morgan fingerprint density at radius 2 is 2.18 bits per heavy atom. The number of nitrogens with zero attached hydrogens (tertiary/aromatic N) is 2. The van der Waals surface area contributed by atoms with Crippen LogP contribution in [0.5, 0.6) is 0 Å². The van der Waals surface area contributed by atoms with E-state index in [4.69, 9.17) is 0 Å². The Morgan fingerprint density at radius 3 is 2.82 bits per heavy atom. The molecule has 0 aliphatic carbocycles. The number of hydrogen-bond acceptors (Lipinski definition) is 2. The van der Waals surface area contributed by atoms with Gasteiger partial charge in [-0.3, -0.25) is 0 Å². The second-order valence-corrected chi connectivity index (χ2v) is 4.70. The van der Waals surface area contributed by atoms with E-state index in [2.05, 4.69) is 60.9 Å². The van der Waals surface area contributed by atoms with Crippen LogP contribution < -0.4 is 5.32 Å². The molecule has 1 unspecified atom stereocenters. The molecule has 0 bridgehead atoms. The molecule has 0 amide bonds. The Morgan fingerprint density at radius 1 is 1.41 bits per heavy atom. The number of likely N-dealkylation sites (N-methyl/N-ethyl adjacent to an activating group) is 1. The predicted octanol–water partition coefficient (Wildman–Crippen LogP) is 2.33. The van der Waals surface area contributed by atoms with Gasteiger partial charge in [-0.05, 0) is 39.4 Å². The minimum absolute atomic E-state index is 0.677. The molecular formula is C14H27N3. The zero-order chi connectivity index (χ0) is 12.7. The topological polar surface area (TPSA) is 20.2 Å². The molecule has 1 rings (SSSR count). The summed E-state index contributed by atoms with van der Waals surface area (Å²) in [6.45, 7) is 10.9. The summed E-state index contributed by atoms with van der Waals surface area (Å²) in [6, 6.07) is 4.98. The fourth-order valence-corrected chi connectivity index (χ4v) is 1.92. The minimum atomic E-state index is 0.677. The maximum absolute atomic E-state index is 3.51. The summed E-state index contributed by atoms with van der Waals surface area (Å²) in [5.74, 6) is 0. The van der Waals surface area contributed by atoms with Gasteiger partial charge < -0.3 is 14.8 Å². The molecule has 1 atom stereocenters. The van der Waals surface area contributed by atoms with E-state index in [1.807, 2.05) is 0 Å². The van der Waals surface area contributed by atoms with E-state index in [1.165, 1.54) is 12.1 Å². The largest absolute Gasteiger partial charge is 0.351 e. The van der Waals surface area contributed by atoms with Crippen molar-refractivity contribution >= 4 is 0 Å². The molecule has 1 aromatic heterocycles. The van der Waals surface area contributed by atoms with Crippen LogP contribution in [0.2, 0.25) is 0 Å². The van der Waals surface area contributed by atoms with Crippen LogP contribution >= 0.6 is 0 Å². The van der Waals surface area contributed by atoms with Crippen molar-refractivity contribution in [2.24, 2.45) is 0 Å². The summed E-state index contributed by atoms with van der Waals surface area (Å²) < 4.78 is 2.28. The normalized spacial score (nSPS) is 13.2. The van der Waals surface area contributed by atoms with Gasteiger partial charge in [-0.15, -0.1) is 0 Å².